The maximum absolute atomic E-state index is 5.69. The van der Waals surface area contributed by atoms with Crippen LogP contribution in [0.3, 0.4) is 0 Å². The van der Waals surface area contributed by atoms with Crippen LogP contribution in [-0.2, 0) is 0 Å². The lowest BCUT2D eigenvalue weighted by molar-refractivity contribution is 0.331. The lowest BCUT2D eigenvalue weighted by Gasteiger charge is -2.10. The van der Waals surface area contributed by atoms with E-state index in [0.29, 0.717) is 19.1 Å². The molecule has 3 aromatic rings. The van der Waals surface area contributed by atoms with Gasteiger partial charge in [0.1, 0.15) is 23.9 Å². The standard InChI is InChI=1S/C21H24N4O2/c1-15-12-16(2)14-17(13-15)24-20-8-9-22-21(25-20)23-10-11-27-19-6-4-18(26-3)5-7-19/h4-9,12-14H,10-11H2,1-3H3,(H2,22,23,24,25). The summed E-state index contributed by atoms with van der Waals surface area (Å²) < 4.78 is 10.8. The highest BCUT2D eigenvalue weighted by Crippen LogP contribution is 2.19. The van der Waals surface area contributed by atoms with Crippen molar-refractivity contribution in [3.05, 3.63) is 65.9 Å². The molecule has 0 saturated carbocycles. The average Bonchev–Trinajstić information content (AvgIpc) is 2.65. The Balaban J connectivity index is 1.51. The van der Waals surface area contributed by atoms with Gasteiger partial charge < -0.3 is 20.1 Å². The highest BCUT2D eigenvalue weighted by atomic mass is 16.5. The minimum absolute atomic E-state index is 0.504. The van der Waals surface area contributed by atoms with Crippen LogP contribution in [0.2, 0.25) is 0 Å². The van der Waals surface area contributed by atoms with Gasteiger partial charge in [-0.2, -0.15) is 4.98 Å². The molecule has 0 aliphatic carbocycles. The minimum atomic E-state index is 0.504. The molecule has 2 N–H and O–H groups in total. The van der Waals surface area contributed by atoms with Crippen molar-refractivity contribution in [3.63, 3.8) is 0 Å². The number of methoxy groups -OCH3 is 1. The Bertz CT molecular complexity index is 861. The van der Waals surface area contributed by atoms with Crippen molar-refractivity contribution in [1.29, 1.82) is 0 Å². The molecule has 0 bridgehead atoms. The minimum Gasteiger partial charge on any atom is -0.497 e. The summed E-state index contributed by atoms with van der Waals surface area (Å²) in [4.78, 5) is 8.74. The van der Waals surface area contributed by atoms with Gasteiger partial charge in [0.25, 0.3) is 0 Å². The van der Waals surface area contributed by atoms with Gasteiger partial charge in [-0.05, 0) is 67.4 Å². The predicted molar refractivity (Wildman–Crippen MR) is 108 cm³/mol. The molecule has 0 saturated heterocycles. The highest BCUT2D eigenvalue weighted by Gasteiger charge is 2.02. The molecule has 27 heavy (non-hydrogen) atoms. The number of benzene rings is 2. The van der Waals surface area contributed by atoms with Crippen LogP contribution in [-0.4, -0.2) is 30.2 Å². The van der Waals surface area contributed by atoms with Crippen LogP contribution in [0.5, 0.6) is 11.5 Å². The van der Waals surface area contributed by atoms with Gasteiger partial charge in [0.05, 0.1) is 13.7 Å². The fourth-order valence-corrected chi connectivity index (χ4v) is 2.71. The van der Waals surface area contributed by atoms with Crippen LogP contribution in [0.4, 0.5) is 17.5 Å². The Hall–Kier alpha value is -3.28. The Morgan fingerprint density at radius 2 is 1.63 bits per heavy atom. The zero-order valence-electron chi connectivity index (χ0n) is 15.8. The van der Waals surface area contributed by atoms with E-state index < -0.39 is 0 Å². The van der Waals surface area contributed by atoms with Gasteiger partial charge in [0.15, 0.2) is 0 Å². The Kier molecular flexibility index (Phi) is 6.10. The summed E-state index contributed by atoms with van der Waals surface area (Å²) in [5.41, 5.74) is 3.43. The normalized spacial score (nSPS) is 10.3. The highest BCUT2D eigenvalue weighted by molar-refractivity contribution is 5.58. The van der Waals surface area contributed by atoms with E-state index in [1.807, 2.05) is 30.3 Å². The molecule has 0 radical (unpaired) electrons. The van der Waals surface area contributed by atoms with Gasteiger partial charge in [-0.3, -0.25) is 0 Å². The zero-order chi connectivity index (χ0) is 19.1. The average molecular weight is 364 g/mol. The lowest BCUT2D eigenvalue weighted by atomic mass is 10.1. The van der Waals surface area contributed by atoms with Crippen molar-refractivity contribution in [2.45, 2.75) is 13.8 Å². The van der Waals surface area contributed by atoms with Crippen LogP contribution in [0.1, 0.15) is 11.1 Å². The summed E-state index contributed by atoms with van der Waals surface area (Å²) in [6, 6.07) is 15.7. The number of nitrogens with zero attached hydrogens (tertiary/aromatic N) is 2. The van der Waals surface area contributed by atoms with E-state index in [2.05, 4.69) is 52.6 Å². The van der Waals surface area contributed by atoms with E-state index >= 15 is 0 Å². The Morgan fingerprint density at radius 1 is 0.926 bits per heavy atom. The second kappa shape index (κ2) is 8.89. The molecular weight excluding hydrogens is 340 g/mol. The SMILES string of the molecule is COc1ccc(OCCNc2nccc(Nc3cc(C)cc(C)c3)n2)cc1. The summed E-state index contributed by atoms with van der Waals surface area (Å²) >= 11 is 0. The van der Waals surface area contributed by atoms with Crippen molar-refractivity contribution >= 4 is 17.5 Å². The molecule has 1 heterocycles. The maximum Gasteiger partial charge on any atom is 0.224 e. The molecule has 0 aliphatic rings. The smallest absolute Gasteiger partial charge is 0.224 e. The second-order valence-electron chi connectivity index (χ2n) is 6.22. The number of anilines is 3. The van der Waals surface area contributed by atoms with E-state index in [9.17, 15) is 0 Å². The van der Waals surface area contributed by atoms with Crippen molar-refractivity contribution in [1.82, 2.24) is 9.97 Å². The van der Waals surface area contributed by atoms with E-state index in [0.717, 1.165) is 23.0 Å². The number of hydrogen-bond donors (Lipinski definition) is 2. The quantitative estimate of drug-likeness (QED) is 0.580. The molecule has 0 amide bonds. The van der Waals surface area contributed by atoms with Crippen LogP contribution in [0, 0.1) is 13.8 Å². The molecule has 0 atom stereocenters. The molecule has 0 fully saturated rings. The summed E-state index contributed by atoms with van der Waals surface area (Å²) in [6.07, 6.45) is 1.73. The first-order valence-electron chi connectivity index (χ1n) is 8.81. The van der Waals surface area contributed by atoms with Crippen molar-refractivity contribution < 1.29 is 9.47 Å². The van der Waals surface area contributed by atoms with Gasteiger partial charge >= 0.3 is 0 Å². The van der Waals surface area contributed by atoms with Crippen LogP contribution >= 0.6 is 0 Å². The fraction of sp³-hybridized carbons (Fsp3) is 0.238. The van der Waals surface area contributed by atoms with E-state index in [1.165, 1.54) is 11.1 Å². The lowest BCUT2D eigenvalue weighted by Crippen LogP contribution is -2.13. The van der Waals surface area contributed by atoms with E-state index in [1.54, 1.807) is 13.3 Å². The van der Waals surface area contributed by atoms with Gasteiger partial charge in [0.2, 0.25) is 5.95 Å². The fourth-order valence-electron chi connectivity index (χ4n) is 2.71. The van der Waals surface area contributed by atoms with E-state index in [-0.39, 0.29) is 0 Å². The number of aryl methyl sites for hydroxylation is 2. The van der Waals surface area contributed by atoms with Crippen LogP contribution in [0.25, 0.3) is 0 Å². The third kappa shape index (κ3) is 5.60. The van der Waals surface area contributed by atoms with Crippen LogP contribution < -0.4 is 20.1 Å². The first-order chi connectivity index (χ1) is 13.1. The topological polar surface area (TPSA) is 68.3 Å². The van der Waals surface area contributed by atoms with E-state index in [4.69, 9.17) is 9.47 Å². The Morgan fingerprint density at radius 3 is 2.33 bits per heavy atom. The molecule has 0 aliphatic heterocycles. The first-order valence-corrected chi connectivity index (χ1v) is 8.81. The molecule has 6 nitrogen and oxygen atoms in total. The van der Waals surface area contributed by atoms with Crippen molar-refractivity contribution in [3.8, 4) is 11.5 Å². The molecule has 0 unspecified atom stereocenters. The molecule has 0 spiro atoms. The van der Waals surface area contributed by atoms with Gasteiger partial charge in [-0.25, -0.2) is 4.98 Å². The van der Waals surface area contributed by atoms with Gasteiger partial charge in [0, 0.05) is 11.9 Å². The second-order valence-corrected chi connectivity index (χ2v) is 6.22. The summed E-state index contributed by atoms with van der Waals surface area (Å²) in [7, 11) is 1.64. The number of hydrogen-bond acceptors (Lipinski definition) is 6. The third-order valence-corrected chi connectivity index (χ3v) is 3.86. The largest absolute Gasteiger partial charge is 0.497 e. The molecule has 3 rings (SSSR count). The van der Waals surface area contributed by atoms with Crippen LogP contribution in [0.15, 0.2) is 54.7 Å². The van der Waals surface area contributed by atoms with Gasteiger partial charge in [-0.1, -0.05) is 6.07 Å². The first kappa shape index (κ1) is 18.5. The molecular formula is C21H24N4O2. The molecule has 1 aromatic heterocycles. The number of aromatic nitrogens is 2. The number of rotatable bonds is 8. The summed E-state index contributed by atoms with van der Waals surface area (Å²) in [5.74, 6) is 2.90. The molecule has 2 aromatic carbocycles. The maximum atomic E-state index is 5.69. The Labute approximate surface area is 159 Å². The number of ether oxygens (including phenoxy) is 2. The molecule has 6 heteroatoms. The third-order valence-electron chi connectivity index (χ3n) is 3.86. The predicted octanol–water partition coefficient (Wildman–Crippen LogP) is 4.34. The zero-order valence-corrected chi connectivity index (χ0v) is 15.8. The van der Waals surface area contributed by atoms with Crippen molar-refractivity contribution in [2.24, 2.45) is 0 Å². The van der Waals surface area contributed by atoms with Gasteiger partial charge in [-0.15, -0.1) is 0 Å². The summed E-state index contributed by atoms with van der Waals surface area (Å²) in [5, 5.41) is 6.49. The number of nitrogens with one attached hydrogen (secondary N) is 2. The monoisotopic (exact) mass is 364 g/mol. The molecule has 140 valence electrons. The summed E-state index contributed by atoms with van der Waals surface area (Å²) in [6.45, 7) is 5.26. The van der Waals surface area contributed by atoms with Crippen molar-refractivity contribution in [2.75, 3.05) is 30.9 Å².